The zero-order chi connectivity index (χ0) is 20.9. The number of imidazole rings is 1. The maximum atomic E-state index is 11.8. The molecule has 0 fully saturated rings. The van der Waals surface area contributed by atoms with E-state index >= 15 is 0 Å². The van der Waals surface area contributed by atoms with Gasteiger partial charge in [-0.05, 0) is 47.0 Å². The van der Waals surface area contributed by atoms with Gasteiger partial charge in [0, 0.05) is 24.5 Å². The van der Waals surface area contributed by atoms with Crippen molar-refractivity contribution in [2.24, 2.45) is 5.73 Å². The van der Waals surface area contributed by atoms with Crippen LogP contribution in [0.4, 0.5) is 0 Å². The molecule has 0 aliphatic rings. The standard InChI is InChI=1S/C24H18N4O2/c25-14-19-9-8-17(15-28-11-10-27-16-28)12-23(19)30-20-5-3-4-18(13-20)21-6-1-2-7-22(21)24(26)29/h1-13,16H,15H2,(H2,26,29). The molecule has 1 aromatic heterocycles. The molecule has 0 saturated carbocycles. The highest BCUT2D eigenvalue weighted by Crippen LogP contribution is 2.31. The first kappa shape index (κ1) is 19.0. The van der Waals surface area contributed by atoms with Crippen molar-refractivity contribution in [2.45, 2.75) is 6.54 Å². The Kier molecular flexibility index (Phi) is 5.27. The van der Waals surface area contributed by atoms with E-state index in [-0.39, 0.29) is 0 Å². The lowest BCUT2D eigenvalue weighted by Gasteiger charge is -2.12. The molecule has 1 heterocycles. The monoisotopic (exact) mass is 394 g/mol. The summed E-state index contributed by atoms with van der Waals surface area (Å²) in [7, 11) is 0. The molecular formula is C24H18N4O2. The Bertz CT molecular complexity index is 1240. The van der Waals surface area contributed by atoms with Crippen molar-refractivity contribution >= 4 is 5.91 Å². The van der Waals surface area contributed by atoms with Gasteiger partial charge >= 0.3 is 0 Å². The lowest BCUT2D eigenvalue weighted by atomic mass is 9.99. The topological polar surface area (TPSA) is 93.9 Å². The molecule has 1 amide bonds. The van der Waals surface area contributed by atoms with E-state index < -0.39 is 5.91 Å². The zero-order valence-electron chi connectivity index (χ0n) is 16.0. The summed E-state index contributed by atoms with van der Waals surface area (Å²) in [4.78, 5) is 15.8. The predicted molar refractivity (Wildman–Crippen MR) is 113 cm³/mol. The Morgan fingerprint density at radius 1 is 1.10 bits per heavy atom. The fourth-order valence-electron chi connectivity index (χ4n) is 3.24. The molecule has 4 rings (SSSR count). The van der Waals surface area contributed by atoms with Crippen LogP contribution in [-0.2, 0) is 6.54 Å². The van der Waals surface area contributed by atoms with Gasteiger partial charge in [0.05, 0.1) is 11.9 Å². The summed E-state index contributed by atoms with van der Waals surface area (Å²) in [6, 6.07) is 22.2. The van der Waals surface area contributed by atoms with Crippen LogP contribution in [0.3, 0.4) is 0 Å². The first-order chi connectivity index (χ1) is 14.6. The fourth-order valence-corrected chi connectivity index (χ4v) is 3.24. The van der Waals surface area contributed by atoms with Crippen molar-refractivity contribution < 1.29 is 9.53 Å². The van der Waals surface area contributed by atoms with E-state index in [4.69, 9.17) is 10.5 Å². The number of nitriles is 1. The van der Waals surface area contributed by atoms with Crippen LogP contribution in [0.25, 0.3) is 11.1 Å². The molecule has 146 valence electrons. The molecule has 6 heteroatoms. The molecule has 3 aromatic carbocycles. The molecule has 0 aliphatic carbocycles. The molecule has 4 aromatic rings. The molecule has 0 bridgehead atoms. The third kappa shape index (κ3) is 4.05. The molecular weight excluding hydrogens is 376 g/mol. The summed E-state index contributed by atoms with van der Waals surface area (Å²) in [5, 5.41) is 9.48. The second-order valence-electron chi connectivity index (χ2n) is 6.72. The maximum absolute atomic E-state index is 11.8. The van der Waals surface area contributed by atoms with Crippen LogP contribution >= 0.6 is 0 Å². The van der Waals surface area contributed by atoms with Gasteiger partial charge in [-0.2, -0.15) is 5.26 Å². The molecule has 0 aliphatic heterocycles. The summed E-state index contributed by atoms with van der Waals surface area (Å²) >= 11 is 0. The number of ether oxygens (including phenoxy) is 1. The van der Waals surface area contributed by atoms with Crippen LogP contribution in [0.15, 0.2) is 85.5 Å². The molecule has 6 nitrogen and oxygen atoms in total. The van der Waals surface area contributed by atoms with E-state index in [9.17, 15) is 10.1 Å². The number of carbonyl (C=O) groups excluding carboxylic acids is 1. The number of hydrogen-bond donors (Lipinski definition) is 1. The van der Waals surface area contributed by atoms with E-state index in [1.54, 1.807) is 36.8 Å². The average Bonchev–Trinajstić information content (AvgIpc) is 3.27. The third-order valence-electron chi connectivity index (χ3n) is 4.66. The first-order valence-corrected chi connectivity index (χ1v) is 9.30. The Labute approximate surface area is 173 Å². The smallest absolute Gasteiger partial charge is 0.249 e. The molecule has 2 N–H and O–H groups in total. The van der Waals surface area contributed by atoms with Gasteiger partial charge in [0.25, 0.3) is 0 Å². The Morgan fingerprint density at radius 2 is 1.97 bits per heavy atom. The minimum atomic E-state index is -0.490. The fraction of sp³-hybridized carbons (Fsp3) is 0.0417. The van der Waals surface area contributed by atoms with Crippen molar-refractivity contribution in [2.75, 3.05) is 0 Å². The van der Waals surface area contributed by atoms with Crippen molar-refractivity contribution in [3.8, 4) is 28.7 Å². The Morgan fingerprint density at radius 3 is 2.73 bits per heavy atom. The predicted octanol–water partition coefficient (Wildman–Crippen LogP) is 4.36. The number of nitrogens with two attached hydrogens (primary N) is 1. The minimum absolute atomic E-state index is 0.437. The minimum Gasteiger partial charge on any atom is -0.456 e. The second-order valence-corrected chi connectivity index (χ2v) is 6.72. The van der Waals surface area contributed by atoms with Gasteiger partial charge < -0.3 is 15.0 Å². The van der Waals surface area contributed by atoms with E-state index in [1.807, 2.05) is 53.2 Å². The lowest BCUT2D eigenvalue weighted by molar-refractivity contribution is 0.100. The number of nitrogens with zero attached hydrogens (tertiary/aromatic N) is 3. The van der Waals surface area contributed by atoms with Crippen LogP contribution < -0.4 is 10.5 Å². The zero-order valence-corrected chi connectivity index (χ0v) is 16.0. The van der Waals surface area contributed by atoms with Gasteiger partial charge in [-0.25, -0.2) is 4.98 Å². The van der Waals surface area contributed by atoms with E-state index in [0.29, 0.717) is 29.2 Å². The van der Waals surface area contributed by atoms with Gasteiger partial charge in [0.2, 0.25) is 5.91 Å². The highest BCUT2D eigenvalue weighted by molar-refractivity contribution is 5.99. The molecule has 0 saturated heterocycles. The summed E-state index contributed by atoms with van der Waals surface area (Å²) in [5.41, 5.74) is 8.90. The summed E-state index contributed by atoms with van der Waals surface area (Å²) in [6.07, 6.45) is 5.33. The summed E-state index contributed by atoms with van der Waals surface area (Å²) < 4.78 is 8.00. The quantitative estimate of drug-likeness (QED) is 0.526. The number of hydrogen-bond acceptors (Lipinski definition) is 4. The van der Waals surface area contributed by atoms with Crippen LogP contribution in [-0.4, -0.2) is 15.5 Å². The van der Waals surface area contributed by atoms with Gasteiger partial charge in [0.15, 0.2) is 0 Å². The second kappa shape index (κ2) is 8.33. The number of aromatic nitrogens is 2. The van der Waals surface area contributed by atoms with Crippen LogP contribution in [0.5, 0.6) is 11.5 Å². The number of benzene rings is 3. The number of primary amides is 1. The third-order valence-corrected chi connectivity index (χ3v) is 4.66. The maximum Gasteiger partial charge on any atom is 0.249 e. The number of amides is 1. The van der Waals surface area contributed by atoms with E-state index in [2.05, 4.69) is 11.1 Å². The van der Waals surface area contributed by atoms with Crippen LogP contribution in [0.1, 0.15) is 21.5 Å². The summed E-state index contributed by atoms with van der Waals surface area (Å²) in [6.45, 7) is 0.619. The normalized spacial score (nSPS) is 10.4. The summed E-state index contributed by atoms with van der Waals surface area (Å²) in [5.74, 6) is 0.536. The molecule has 30 heavy (non-hydrogen) atoms. The lowest BCUT2D eigenvalue weighted by Crippen LogP contribution is -2.12. The molecule has 0 radical (unpaired) electrons. The van der Waals surface area contributed by atoms with Crippen molar-refractivity contribution in [3.05, 3.63) is 102 Å². The molecule has 0 unspecified atom stereocenters. The van der Waals surface area contributed by atoms with Crippen LogP contribution in [0, 0.1) is 11.3 Å². The SMILES string of the molecule is N#Cc1ccc(Cn2ccnc2)cc1Oc1cccc(-c2ccccc2C(N)=O)c1. The van der Waals surface area contributed by atoms with Gasteiger partial charge in [-0.3, -0.25) is 4.79 Å². The van der Waals surface area contributed by atoms with Gasteiger partial charge in [-0.15, -0.1) is 0 Å². The van der Waals surface area contributed by atoms with E-state index in [0.717, 1.165) is 16.7 Å². The van der Waals surface area contributed by atoms with Crippen LogP contribution in [0.2, 0.25) is 0 Å². The first-order valence-electron chi connectivity index (χ1n) is 9.30. The molecule has 0 atom stereocenters. The van der Waals surface area contributed by atoms with Crippen molar-refractivity contribution in [3.63, 3.8) is 0 Å². The Hall–Kier alpha value is -4.37. The largest absolute Gasteiger partial charge is 0.456 e. The van der Waals surface area contributed by atoms with Gasteiger partial charge in [-0.1, -0.05) is 36.4 Å². The average molecular weight is 394 g/mol. The van der Waals surface area contributed by atoms with E-state index in [1.165, 1.54) is 0 Å². The molecule has 0 spiro atoms. The van der Waals surface area contributed by atoms with Crippen molar-refractivity contribution in [1.29, 1.82) is 5.26 Å². The highest BCUT2D eigenvalue weighted by atomic mass is 16.5. The highest BCUT2D eigenvalue weighted by Gasteiger charge is 2.11. The van der Waals surface area contributed by atoms with Crippen molar-refractivity contribution in [1.82, 2.24) is 9.55 Å². The van der Waals surface area contributed by atoms with Gasteiger partial charge in [0.1, 0.15) is 17.6 Å². The number of rotatable bonds is 6. The Balaban J connectivity index is 1.66. The number of carbonyl (C=O) groups is 1.